The maximum absolute atomic E-state index is 12.6. The highest BCUT2D eigenvalue weighted by Gasteiger charge is 2.21. The highest BCUT2D eigenvalue weighted by molar-refractivity contribution is 7.16. The number of aromatic nitrogens is 2. The van der Waals surface area contributed by atoms with E-state index in [-0.39, 0.29) is 11.5 Å². The summed E-state index contributed by atoms with van der Waals surface area (Å²) in [6, 6.07) is 11.6. The molecule has 3 heterocycles. The Labute approximate surface area is 173 Å². The minimum atomic E-state index is -0.0766. The number of thiophene rings is 1. The third-order valence-corrected chi connectivity index (χ3v) is 5.98. The summed E-state index contributed by atoms with van der Waals surface area (Å²) in [7, 11) is 0. The molecule has 7 nitrogen and oxygen atoms in total. The predicted molar refractivity (Wildman–Crippen MR) is 113 cm³/mol. The minimum absolute atomic E-state index is 0.0766. The van der Waals surface area contributed by atoms with Crippen LogP contribution in [0.2, 0.25) is 0 Å². The molecule has 4 rings (SSSR count). The Balaban J connectivity index is 1.20. The van der Waals surface area contributed by atoms with Crippen molar-refractivity contribution >= 4 is 27.5 Å². The number of piperazine rings is 1. The van der Waals surface area contributed by atoms with E-state index in [1.54, 1.807) is 12.4 Å². The SMILES string of the molecule is O=C(CCn1cnc2sccc2c1=O)N1CCN(CCOc2ccccc2)CC1. The summed E-state index contributed by atoms with van der Waals surface area (Å²) in [6.45, 7) is 4.94. The van der Waals surface area contributed by atoms with Crippen LogP contribution in [0.15, 0.2) is 52.9 Å². The quantitative estimate of drug-likeness (QED) is 0.594. The van der Waals surface area contributed by atoms with Gasteiger partial charge in [0, 0.05) is 45.7 Å². The standard InChI is InChI=1S/C21H24N4O3S/c26-19(6-8-25-16-22-20-18(21(25)27)7-15-29-20)24-11-9-23(10-12-24)13-14-28-17-4-2-1-3-5-17/h1-5,7,15-16H,6,8-14H2. The second-order valence-corrected chi connectivity index (χ2v) is 7.91. The molecule has 1 fully saturated rings. The normalized spacial score (nSPS) is 15.0. The second-order valence-electron chi connectivity index (χ2n) is 7.02. The third-order valence-electron chi connectivity index (χ3n) is 5.16. The lowest BCUT2D eigenvalue weighted by atomic mass is 10.2. The number of nitrogens with zero attached hydrogens (tertiary/aromatic N) is 4. The molecular weight excluding hydrogens is 388 g/mol. The maximum atomic E-state index is 12.6. The molecule has 0 atom stereocenters. The van der Waals surface area contributed by atoms with E-state index in [9.17, 15) is 9.59 Å². The molecule has 0 unspecified atom stereocenters. The number of benzene rings is 1. The molecular formula is C21H24N4O3S. The number of fused-ring (bicyclic) bond motifs is 1. The summed E-state index contributed by atoms with van der Waals surface area (Å²) >= 11 is 1.45. The van der Waals surface area contributed by atoms with Crippen LogP contribution in [0, 0.1) is 0 Å². The van der Waals surface area contributed by atoms with Crippen LogP contribution in [0.25, 0.3) is 10.2 Å². The molecule has 1 saturated heterocycles. The zero-order chi connectivity index (χ0) is 20.1. The van der Waals surface area contributed by atoms with Gasteiger partial charge in [-0.3, -0.25) is 19.1 Å². The molecule has 0 spiro atoms. The Hall–Kier alpha value is -2.71. The Morgan fingerprint density at radius 3 is 2.66 bits per heavy atom. The molecule has 0 N–H and O–H groups in total. The zero-order valence-corrected chi connectivity index (χ0v) is 17.0. The number of rotatable bonds is 7. The van der Waals surface area contributed by atoms with Gasteiger partial charge in [0.2, 0.25) is 5.91 Å². The van der Waals surface area contributed by atoms with Gasteiger partial charge in [0.25, 0.3) is 5.56 Å². The summed E-state index contributed by atoms with van der Waals surface area (Å²) in [5.41, 5.74) is -0.0766. The number of hydrogen-bond acceptors (Lipinski definition) is 6. The Bertz CT molecular complexity index is 1010. The molecule has 3 aromatic rings. The number of ether oxygens (including phenoxy) is 1. The van der Waals surface area contributed by atoms with E-state index in [4.69, 9.17) is 4.74 Å². The van der Waals surface area contributed by atoms with Gasteiger partial charge in [-0.15, -0.1) is 11.3 Å². The van der Waals surface area contributed by atoms with Crippen molar-refractivity contribution in [3.8, 4) is 5.75 Å². The van der Waals surface area contributed by atoms with Gasteiger partial charge in [0.05, 0.1) is 11.7 Å². The smallest absolute Gasteiger partial charge is 0.262 e. The molecule has 2 aromatic heterocycles. The van der Waals surface area contributed by atoms with E-state index >= 15 is 0 Å². The van der Waals surface area contributed by atoms with Gasteiger partial charge in [-0.2, -0.15) is 0 Å². The van der Waals surface area contributed by atoms with Crippen molar-refractivity contribution in [3.63, 3.8) is 0 Å². The van der Waals surface area contributed by atoms with Crippen molar-refractivity contribution in [2.75, 3.05) is 39.3 Å². The lowest BCUT2D eigenvalue weighted by Gasteiger charge is -2.34. The van der Waals surface area contributed by atoms with Gasteiger partial charge in [-0.1, -0.05) is 18.2 Å². The fourth-order valence-corrected chi connectivity index (χ4v) is 4.18. The van der Waals surface area contributed by atoms with Crippen molar-refractivity contribution in [2.45, 2.75) is 13.0 Å². The van der Waals surface area contributed by atoms with Crippen LogP contribution in [-0.2, 0) is 11.3 Å². The highest BCUT2D eigenvalue weighted by atomic mass is 32.1. The van der Waals surface area contributed by atoms with Gasteiger partial charge >= 0.3 is 0 Å². The van der Waals surface area contributed by atoms with Crippen molar-refractivity contribution in [1.82, 2.24) is 19.4 Å². The van der Waals surface area contributed by atoms with Crippen LogP contribution in [-0.4, -0.2) is 64.6 Å². The first-order valence-electron chi connectivity index (χ1n) is 9.81. The Kier molecular flexibility index (Phi) is 6.21. The van der Waals surface area contributed by atoms with E-state index in [1.807, 2.05) is 40.6 Å². The zero-order valence-electron chi connectivity index (χ0n) is 16.2. The largest absolute Gasteiger partial charge is 0.492 e. The molecule has 29 heavy (non-hydrogen) atoms. The third kappa shape index (κ3) is 4.83. The molecule has 8 heteroatoms. The first-order chi connectivity index (χ1) is 14.2. The number of aryl methyl sites for hydroxylation is 1. The van der Waals surface area contributed by atoms with E-state index in [0.29, 0.717) is 38.0 Å². The lowest BCUT2D eigenvalue weighted by molar-refractivity contribution is -0.133. The lowest BCUT2D eigenvalue weighted by Crippen LogP contribution is -2.49. The van der Waals surface area contributed by atoms with E-state index in [2.05, 4.69) is 9.88 Å². The number of para-hydroxylation sites is 1. The van der Waals surface area contributed by atoms with Gasteiger partial charge in [-0.25, -0.2) is 4.98 Å². The first kappa shape index (κ1) is 19.6. The average Bonchev–Trinajstić information content (AvgIpc) is 3.24. The summed E-state index contributed by atoms with van der Waals surface area (Å²) in [5, 5.41) is 2.48. The molecule has 0 bridgehead atoms. The van der Waals surface area contributed by atoms with E-state index in [1.165, 1.54) is 15.9 Å². The molecule has 1 amide bonds. The van der Waals surface area contributed by atoms with Crippen LogP contribution in [0.3, 0.4) is 0 Å². The molecule has 1 aliphatic heterocycles. The molecule has 0 aliphatic carbocycles. The van der Waals surface area contributed by atoms with Crippen molar-refractivity contribution in [2.24, 2.45) is 0 Å². The van der Waals surface area contributed by atoms with E-state index < -0.39 is 0 Å². The summed E-state index contributed by atoms with van der Waals surface area (Å²) < 4.78 is 7.28. The van der Waals surface area contributed by atoms with E-state index in [0.717, 1.165) is 30.2 Å². The van der Waals surface area contributed by atoms with Gasteiger partial charge in [0.1, 0.15) is 17.2 Å². The van der Waals surface area contributed by atoms with Crippen LogP contribution >= 0.6 is 11.3 Å². The van der Waals surface area contributed by atoms with Crippen molar-refractivity contribution in [1.29, 1.82) is 0 Å². The molecule has 1 aromatic carbocycles. The molecule has 1 aliphatic rings. The number of carbonyl (C=O) groups excluding carboxylic acids is 1. The van der Waals surface area contributed by atoms with Gasteiger partial charge in [-0.05, 0) is 23.6 Å². The maximum Gasteiger partial charge on any atom is 0.262 e. The average molecular weight is 413 g/mol. The topological polar surface area (TPSA) is 67.7 Å². The first-order valence-corrected chi connectivity index (χ1v) is 10.7. The van der Waals surface area contributed by atoms with Crippen LogP contribution in [0.5, 0.6) is 5.75 Å². The Morgan fingerprint density at radius 1 is 1.07 bits per heavy atom. The van der Waals surface area contributed by atoms with Crippen LogP contribution in [0.4, 0.5) is 0 Å². The molecule has 152 valence electrons. The van der Waals surface area contributed by atoms with Gasteiger partial charge in [0.15, 0.2) is 0 Å². The fourth-order valence-electron chi connectivity index (χ4n) is 3.46. The van der Waals surface area contributed by atoms with Crippen molar-refractivity contribution in [3.05, 3.63) is 58.5 Å². The van der Waals surface area contributed by atoms with Gasteiger partial charge < -0.3 is 9.64 Å². The number of carbonyl (C=O) groups is 1. The Morgan fingerprint density at radius 2 is 1.86 bits per heavy atom. The number of hydrogen-bond donors (Lipinski definition) is 0. The number of amides is 1. The minimum Gasteiger partial charge on any atom is -0.492 e. The van der Waals surface area contributed by atoms with Crippen molar-refractivity contribution < 1.29 is 9.53 Å². The second kappa shape index (κ2) is 9.19. The summed E-state index contributed by atoms with van der Waals surface area (Å²) in [6.07, 6.45) is 1.85. The van der Waals surface area contributed by atoms with Crippen LogP contribution < -0.4 is 10.3 Å². The fraction of sp³-hybridized carbons (Fsp3) is 0.381. The molecule has 0 radical (unpaired) electrons. The monoisotopic (exact) mass is 412 g/mol. The van der Waals surface area contributed by atoms with Crippen LogP contribution in [0.1, 0.15) is 6.42 Å². The predicted octanol–water partition coefficient (Wildman–Crippen LogP) is 2.07. The molecule has 0 saturated carbocycles. The summed E-state index contributed by atoms with van der Waals surface area (Å²) in [4.78, 5) is 34.2. The summed E-state index contributed by atoms with van der Waals surface area (Å²) in [5.74, 6) is 0.967. The highest BCUT2D eigenvalue weighted by Crippen LogP contribution is 2.13.